The molecule has 0 aromatic heterocycles. The van der Waals surface area contributed by atoms with Gasteiger partial charge in [-0.1, -0.05) is 38.1 Å². The fourth-order valence-corrected chi connectivity index (χ4v) is 4.60. The Hall–Kier alpha value is -0.890. The van der Waals surface area contributed by atoms with Crippen molar-refractivity contribution in [3.8, 4) is 0 Å². The predicted octanol–water partition coefficient (Wildman–Crippen LogP) is 3.83. The van der Waals surface area contributed by atoms with E-state index in [-0.39, 0.29) is 24.0 Å². The van der Waals surface area contributed by atoms with Gasteiger partial charge in [-0.25, -0.2) is 0 Å². The lowest BCUT2D eigenvalue weighted by molar-refractivity contribution is 0.380. The molecule has 4 nitrogen and oxygen atoms in total. The highest BCUT2D eigenvalue weighted by Gasteiger charge is 2.24. The largest absolute Gasteiger partial charge is 0.364 e. The minimum atomic E-state index is 0. The first-order chi connectivity index (χ1) is 12.2. The number of guanidine groups is 1. The molecule has 6 heteroatoms. The fraction of sp³-hybridized carbons (Fsp3) is 0.550. The molecule has 2 heterocycles. The van der Waals surface area contributed by atoms with Gasteiger partial charge in [0.25, 0.3) is 0 Å². The van der Waals surface area contributed by atoms with Crippen LogP contribution >= 0.6 is 35.7 Å². The molecule has 1 unspecified atom stereocenters. The second-order valence-corrected chi connectivity index (χ2v) is 8.39. The third-order valence-electron chi connectivity index (χ3n) is 4.92. The molecule has 2 aliphatic heterocycles. The van der Waals surface area contributed by atoms with Gasteiger partial charge in [0, 0.05) is 56.5 Å². The Morgan fingerprint density at radius 2 is 1.92 bits per heavy atom. The molecule has 0 aliphatic carbocycles. The van der Waals surface area contributed by atoms with Crippen LogP contribution in [0, 0.1) is 5.92 Å². The summed E-state index contributed by atoms with van der Waals surface area (Å²) in [4.78, 5) is 9.28. The molecule has 1 aromatic carbocycles. The van der Waals surface area contributed by atoms with E-state index in [9.17, 15) is 0 Å². The molecular weight excluding hydrogens is 455 g/mol. The van der Waals surface area contributed by atoms with Crippen LogP contribution < -0.4 is 10.2 Å². The molecule has 1 atom stereocenters. The number of hydrogen-bond acceptors (Lipinski definition) is 3. The topological polar surface area (TPSA) is 30.9 Å². The smallest absolute Gasteiger partial charge is 0.193 e. The van der Waals surface area contributed by atoms with E-state index in [1.807, 2.05) is 7.05 Å². The minimum Gasteiger partial charge on any atom is -0.364 e. The van der Waals surface area contributed by atoms with Crippen LogP contribution in [0.15, 0.2) is 41.4 Å². The van der Waals surface area contributed by atoms with Gasteiger partial charge in [-0.3, -0.25) is 4.99 Å². The highest BCUT2D eigenvalue weighted by molar-refractivity contribution is 14.0. The molecule has 0 radical (unpaired) electrons. The summed E-state index contributed by atoms with van der Waals surface area (Å²) in [7, 11) is 1.89. The minimum absolute atomic E-state index is 0. The summed E-state index contributed by atoms with van der Waals surface area (Å²) < 4.78 is 0. The summed E-state index contributed by atoms with van der Waals surface area (Å²) in [6, 6.07) is 8.88. The van der Waals surface area contributed by atoms with E-state index in [4.69, 9.17) is 0 Å². The zero-order valence-corrected chi connectivity index (χ0v) is 19.2. The van der Waals surface area contributed by atoms with E-state index < -0.39 is 0 Å². The molecule has 3 rings (SSSR count). The Labute approximate surface area is 179 Å². The molecule has 0 bridgehead atoms. The molecule has 144 valence electrons. The summed E-state index contributed by atoms with van der Waals surface area (Å²) >= 11 is 2.10. The molecule has 1 aromatic rings. The van der Waals surface area contributed by atoms with Gasteiger partial charge < -0.3 is 15.1 Å². The van der Waals surface area contributed by atoms with E-state index in [0.29, 0.717) is 11.2 Å². The second-order valence-electron chi connectivity index (χ2n) is 7.04. The molecule has 0 amide bonds. The van der Waals surface area contributed by atoms with Crippen LogP contribution in [0.2, 0.25) is 0 Å². The van der Waals surface area contributed by atoms with Crippen LogP contribution in [-0.2, 0) is 6.54 Å². The maximum absolute atomic E-state index is 4.51. The monoisotopic (exact) mass is 486 g/mol. The Morgan fingerprint density at radius 3 is 2.54 bits per heavy atom. The predicted molar refractivity (Wildman–Crippen MR) is 126 cm³/mol. The number of aliphatic imine (C=N–C) groups is 1. The lowest BCUT2D eigenvalue weighted by Gasteiger charge is -2.36. The Bertz CT molecular complexity index is 607. The number of hydrogen-bond donors (Lipinski definition) is 1. The zero-order chi connectivity index (χ0) is 17.6. The van der Waals surface area contributed by atoms with Gasteiger partial charge in [-0.05, 0) is 23.6 Å². The molecule has 2 aliphatic rings. The van der Waals surface area contributed by atoms with Crippen LogP contribution in [0.3, 0.4) is 0 Å². The third kappa shape index (κ3) is 5.55. The van der Waals surface area contributed by atoms with Gasteiger partial charge in [-0.15, -0.1) is 24.0 Å². The summed E-state index contributed by atoms with van der Waals surface area (Å²) in [6.07, 6.45) is 4.45. The van der Waals surface area contributed by atoms with Gasteiger partial charge in [-0.2, -0.15) is 11.8 Å². The molecule has 0 saturated carbocycles. The quantitative estimate of drug-likeness (QED) is 0.304. The lowest BCUT2D eigenvalue weighted by atomic mass is 10.1. The summed E-state index contributed by atoms with van der Waals surface area (Å²) in [5, 5.41) is 4.24. The summed E-state index contributed by atoms with van der Waals surface area (Å²) in [5.74, 6) is 2.92. The van der Waals surface area contributed by atoms with Crippen LogP contribution in [0.5, 0.6) is 0 Å². The number of rotatable bonds is 4. The maximum atomic E-state index is 4.51. The van der Waals surface area contributed by atoms with Crippen molar-refractivity contribution in [2.24, 2.45) is 10.9 Å². The van der Waals surface area contributed by atoms with E-state index in [2.05, 4.69) is 82.1 Å². The highest BCUT2D eigenvalue weighted by Crippen LogP contribution is 2.25. The van der Waals surface area contributed by atoms with Crippen LogP contribution in [0.4, 0.5) is 5.69 Å². The summed E-state index contributed by atoms with van der Waals surface area (Å²) in [6.45, 7) is 9.66. The van der Waals surface area contributed by atoms with Gasteiger partial charge in [0.1, 0.15) is 0 Å². The maximum Gasteiger partial charge on any atom is 0.193 e. The first-order valence-corrected chi connectivity index (χ1v) is 10.3. The highest BCUT2D eigenvalue weighted by atomic mass is 127. The van der Waals surface area contributed by atoms with Crippen molar-refractivity contribution in [1.82, 2.24) is 10.2 Å². The molecule has 0 spiro atoms. The number of nitrogens with zero attached hydrogens (tertiary/aromatic N) is 3. The summed E-state index contributed by atoms with van der Waals surface area (Å²) in [5.41, 5.74) is 2.59. The second kappa shape index (κ2) is 10.4. The van der Waals surface area contributed by atoms with E-state index >= 15 is 0 Å². The fourth-order valence-electron chi connectivity index (χ4n) is 3.30. The van der Waals surface area contributed by atoms with Crippen molar-refractivity contribution < 1.29 is 0 Å². The van der Waals surface area contributed by atoms with Crippen molar-refractivity contribution in [1.29, 1.82) is 0 Å². The average molecular weight is 486 g/mol. The molecule has 26 heavy (non-hydrogen) atoms. The van der Waals surface area contributed by atoms with Crippen molar-refractivity contribution in [2.45, 2.75) is 25.6 Å². The lowest BCUT2D eigenvalue weighted by Crippen LogP contribution is -2.48. The Kier molecular flexibility index (Phi) is 8.60. The SMILES string of the molecule is CN=C(NCc1ccc(N2CC=CC2)cc1)N1CCSC(C(C)C)C1.I. The van der Waals surface area contributed by atoms with Crippen molar-refractivity contribution in [2.75, 3.05) is 43.9 Å². The molecule has 1 N–H and O–H groups in total. The van der Waals surface area contributed by atoms with Crippen molar-refractivity contribution in [3.05, 3.63) is 42.0 Å². The number of anilines is 1. The standard InChI is InChI=1S/C20H30N4S.HI/c1-16(2)19-15-24(12-13-25-19)20(21-3)22-14-17-6-8-18(9-7-17)23-10-4-5-11-23;/h4-9,16,19H,10-15H2,1-3H3,(H,21,22);1H. The van der Waals surface area contributed by atoms with E-state index in [1.165, 1.54) is 17.0 Å². The van der Waals surface area contributed by atoms with Gasteiger partial charge in [0.05, 0.1) is 0 Å². The van der Waals surface area contributed by atoms with Crippen molar-refractivity contribution >= 4 is 47.4 Å². The number of benzene rings is 1. The first-order valence-electron chi connectivity index (χ1n) is 9.23. The number of halogens is 1. The van der Waals surface area contributed by atoms with Gasteiger partial charge in [0.2, 0.25) is 0 Å². The molecular formula is C20H31IN4S. The average Bonchev–Trinajstić information content (AvgIpc) is 3.18. The van der Waals surface area contributed by atoms with Gasteiger partial charge in [0.15, 0.2) is 5.96 Å². The molecule has 1 saturated heterocycles. The normalized spacial score (nSPS) is 20.5. The zero-order valence-electron chi connectivity index (χ0n) is 16.0. The van der Waals surface area contributed by atoms with E-state index in [0.717, 1.165) is 38.7 Å². The van der Waals surface area contributed by atoms with Crippen molar-refractivity contribution in [3.63, 3.8) is 0 Å². The number of thioether (sulfide) groups is 1. The van der Waals surface area contributed by atoms with Crippen LogP contribution in [-0.4, -0.2) is 55.1 Å². The van der Waals surface area contributed by atoms with Crippen LogP contribution in [0.1, 0.15) is 19.4 Å². The van der Waals surface area contributed by atoms with E-state index in [1.54, 1.807) is 0 Å². The Morgan fingerprint density at radius 1 is 1.23 bits per heavy atom. The number of nitrogens with one attached hydrogen (secondary N) is 1. The first kappa shape index (κ1) is 21.4. The molecule has 1 fully saturated rings. The Balaban J connectivity index is 0.00000243. The third-order valence-corrected chi connectivity index (χ3v) is 6.46. The van der Waals surface area contributed by atoms with Gasteiger partial charge >= 0.3 is 0 Å². The van der Waals surface area contributed by atoms with Crippen LogP contribution in [0.25, 0.3) is 0 Å².